The summed E-state index contributed by atoms with van der Waals surface area (Å²) in [5, 5.41) is 8.49. The zero-order valence-corrected chi connectivity index (χ0v) is 38.5. The van der Waals surface area contributed by atoms with E-state index in [1.807, 2.05) is 154 Å². The van der Waals surface area contributed by atoms with Crippen molar-refractivity contribution in [1.29, 1.82) is 0 Å². The highest BCUT2D eigenvalue weighted by Crippen LogP contribution is 2.51. The largest absolute Gasteiger partial charge is 0.478 e. The van der Waals surface area contributed by atoms with E-state index in [0.29, 0.717) is 22.4 Å². The summed E-state index contributed by atoms with van der Waals surface area (Å²) < 4.78 is 33.0. The fourth-order valence-electron chi connectivity index (χ4n) is 8.28. The van der Waals surface area contributed by atoms with Crippen LogP contribution in [0.5, 0.6) is 0 Å². The molecule has 0 spiro atoms. The monoisotopic (exact) mass is 936 g/mol. The smallest absolute Gasteiger partial charge is 0.342 e. The van der Waals surface area contributed by atoms with Crippen LogP contribution in [0.25, 0.3) is 0 Å². The number of carbonyl (C=O) groups excluding carboxylic acids is 3. The van der Waals surface area contributed by atoms with Gasteiger partial charge >= 0.3 is 23.9 Å². The molecule has 0 unspecified atom stereocenters. The third-order valence-corrected chi connectivity index (χ3v) is 12.0. The second-order valence-electron chi connectivity index (χ2n) is 16.6. The highest BCUT2D eigenvalue weighted by atomic mass is 16.6. The second-order valence-corrected chi connectivity index (χ2v) is 16.6. The minimum absolute atomic E-state index is 0.115. The molecule has 1 aliphatic carbocycles. The number of nitrogens with two attached hydrogens (primary N) is 1. The number of carboxylic acids is 1. The van der Waals surface area contributed by atoms with Crippen molar-refractivity contribution in [2.45, 2.75) is 63.5 Å². The molecule has 5 aliphatic rings. The quantitative estimate of drug-likeness (QED) is 0.0577. The van der Waals surface area contributed by atoms with E-state index >= 15 is 0 Å². The van der Waals surface area contributed by atoms with Gasteiger partial charge in [0.25, 0.3) is 0 Å². The van der Waals surface area contributed by atoms with Gasteiger partial charge in [-0.05, 0) is 84.5 Å². The number of esters is 3. The van der Waals surface area contributed by atoms with E-state index in [1.54, 1.807) is 36.4 Å². The Morgan fingerprint density at radius 2 is 1.06 bits per heavy atom. The van der Waals surface area contributed by atoms with E-state index < -0.39 is 5.97 Å². The molecule has 1 aromatic heterocycles. The average molecular weight is 937 g/mol. The molecular weight excluding hydrogens is 887 g/mol. The summed E-state index contributed by atoms with van der Waals surface area (Å²) in [5.74, 6) is -1.95. The van der Waals surface area contributed by atoms with Crippen LogP contribution < -0.4 is 5.73 Å². The Morgan fingerprint density at radius 1 is 0.586 bits per heavy atom. The van der Waals surface area contributed by atoms with Crippen LogP contribution in [-0.2, 0) is 33.3 Å². The number of allylic oxidation sites excluding steroid dienone is 4. The number of fused-ring (bicyclic) bond motifs is 10. The number of carbonyl (C=O) groups is 4. The summed E-state index contributed by atoms with van der Waals surface area (Å²) >= 11 is 0. The summed E-state index contributed by atoms with van der Waals surface area (Å²) in [6, 6.07) is 43.5. The fraction of sp³-hybridized carbons (Fsp3) is 0.172. The Bertz CT molecular complexity index is 2860. The second kappa shape index (κ2) is 22.1. The number of aromatic carboxylic acids is 1. The Balaban J connectivity index is 0.000000130. The number of benzene rings is 5. The molecule has 5 heterocycles. The number of rotatable bonds is 10. The van der Waals surface area contributed by atoms with Crippen LogP contribution in [0.3, 0.4) is 0 Å². The minimum atomic E-state index is -0.988. The predicted octanol–water partition coefficient (Wildman–Crippen LogP) is 11.7. The summed E-state index contributed by atoms with van der Waals surface area (Å²) in [4.78, 5) is 46.9. The molecule has 0 saturated heterocycles. The molecule has 352 valence electrons. The zero-order chi connectivity index (χ0) is 49.1. The van der Waals surface area contributed by atoms with Crippen LogP contribution in [0.4, 0.5) is 5.69 Å². The SMILES string of the molecule is C[C@@H](OC(=O)C1=C[C@@H]2O[C@H]1c1ccccc12)c1ccccc1.C[C@@H](OC(=O)C1=C[C@H]2O[C@@H]1c1ccccc12)c1ccccc1.C[C@@H](OC(=O)c1ccoc1)C1=CC=[C+]C=C1.Nc1ccccc1C(=O)O. The molecule has 70 heavy (non-hydrogen) atoms. The Morgan fingerprint density at radius 3 is 1.50 bits per heavy atom. The van der Waals surface area contributed by atoms with Crippen molar-refractivity contribution in [3.63, 3.8) is 0 Å². The van der Waals surface area contributed by atoms with Crippen LogP contribution in [-0.4, -0.2) is 35.1 Å². The summed E-state index contributed by atoms with van der Waals surface area (Å²) in [6.07, 6.45) is 15.2. The predicted molar refractivity (Wildman–Crippen MR) is 261 cm³/mol. The lowest BCUT2D eigenvalue weighted by Crippen LogP contribution is -2.16. The average Bonchev–Trinajstić information content (AvgIpc) is 4.27. The highest BCUT2D eigenvalue weighted by Gasteiger charge is 2.43. The summed E-state index contributed by atoms with van der Waals surface area (Å²) in [6.45, 7) is 5.60. The van der Waals surface area contributed by atoms with E-state index in [4.69, 9.17) is 38.9 Å². The third-order valence-electron chi connectivity index (χ3n) is 12.0. The number of anilines is 1. The lowest BCUT2D eigenvalue weighted by Gasteiger charge is -2.17. The van der Waals surface area contributed by atoms with Crippen LogP contribution in [0, 0.1) is 6.08 Å². The standard InChI is InChI=1S/2C19H16O3.C13H11O3.C7H7NO2/c2*1-12(13-7-3-2-4-8-13)21-19(20)16-11-17-14-9-5-6-10-15(14)18(16)22-17;1-10(11-5-3-2-4-6-11)16-13(14)12-7-8-15-9-12;8-6-4-2-1-3-5(6)7(9)10/h2*2-12,17-18H,1H3;3-10H,1H3;1-4H,8H2,(H,9,10)/q;;+1;/t12-,17+,18+;12-,17-,18-;10-;/m111./s1. The van der Waals surface area contributed by atoms with Crippen molar-refractivity contribution in [3.8, 4) is 0 Å². The number of para-hydroxylation sites is 1. The van der Waals surface area contributed by atoms with Gasteiger partial charge in [-0.15, -0.1) is 0 Å². The molecule has 0 amide bonds. The first-order valence-corrected chi connectivity index (χ1v) is 22.7. The van der Waals surface area contributed by atoms with Crippen molar-refractivity contribution in [3.05, 3.63) is 256 Å². The molecule has 6 aromatic rings. The molecule has 11 rings (SSSR count). The molecule has 12 nitrogen and oxygen atoms in total. The number of hydrogen-bond acceptors (Lipinski definition) is 11. The first-order valence-electron chi connectivity index (χ1n) is 22.7. The maximum Gasteiger partial charge on any atom is 0.342 e. The number of carboxylic acid groups (broad SMARTS) is 1. The number of furan rings is 1. The number of nitrogen functional groups attached to an aromatic ring is 1. The molecule has 3 N–H and O–H groups in total. The van der Waals surface area contributed by atoms with Crippen LogP contribution >= 0.6 is 0 Å². The summed E-state index contributed by atoms with van der Waals surface area (Å²) in [7, 11) is 0. The van der Waals surface area contributed by atoms with E-state index in [-0.39, 0.29) is 66.2 Å². The van der Waals surface area contributed by atoms with E-state index in [9.17, 15) is 19.2 Å². The van der Waals surface area contributed by atoms with Crippen molar-refractivity contribution in [1.82, 2.24) is 0 Å². The molecule has 4 bridgehead atoms. The van der Waals surface area contributed by atoms with Gasteiger partial charge in [-0.2, -0.15) is 0 Å². The molecule has 0 saturated carbocycles. The van der Waals surface area contributed by atoms with E-state index in [2.05, 4.69) is 6.08 Å². The Labute approximate surface area is 405 Å². The van der Waals surface area contributed by atoms with Crippen LogP contribution in [0.15, 0.2) is 210 Å². The normalized spacial score (nSPS) is 19.2. The first-order chi connectivity index (χ1) is 34.0. The van der Waals surface area contributed by atoms with Gasteiger partial charge in [0.05, 0.1) is 40.7 Å². The molecule has 4 aliphatic heterocycles. The van der Waals surface area contributed by atoms with Crippen molar-refractivity contribution in [2.75, 3.05) is 5.73 Å². The van der Waals surface area contributed by atoms with E-state index in [0.717, 1.165) is 39.0 Å². The Hall–Kier alpha value is -8.41. The topological polar surface area (TPSA) is 174 Å². The van der Waals surface area contributed by atoms with Crippen molar-refractivity contribution >= 4 is 29.6 Å². The van der Waals surface area contributed by atoms with Crippen LogP contribution in [0.2, 0.25) is 0 Å². The van der Waals surface area contributed by atoms with Gasteiger partial charge in [0.1, 0.15) is 66.7 Å². The Kier molecular flexibility index (Phi) is 15.2. The van der Waals surface area contributed by atoms with Gasteiger partial charge in [0.2, 0.25) is 0 Å². The maximum absolute atomic E-state index is 12.5. The van der Waals surface area contributed by atoms with Gasteiger partial charge in [-0.1, -0.05) is 121 Å². The first kappa shape index (κ1) is 48.1. The van der Waals surface area contributed by atoms with E-state index in [1.165, 1.54) is 18.6 Å². The van der Waals surface area contributed by atoms with Crippen molar-refractivity contribution < 1.29 is 52.4 Å². The number of ether oxygens (including phenoxy) is 5. The van der Waals surface area contributed by atoms with Gasteiger partial charge in [-0.25, -0.2) is 19.2 Å². The van der Waals surface area contributed by atoms with Gasteiger partial charge in [0.15, 0.2) is 0 Å². The number of hydrogen-bond donors (Lipinski definition) is 2. The van der Waals surface area contributed by atoms with Crippen LogP contribution in [0.1, 0.15) is 111 Å². The van der Waals surface area contributed by atoms with Gasteiger partial charge in [-0.3, -0.25) is 0 Å². The molecule has 0 radical (unpaired) electrons. The maximum atomic E-state index is 12.5. The molecular formula is C58H50NO11+. The fourth-order valence-corrected chi connectivity index (χ4v) is 8.28. The van der Waals surface area contributed by atoms with Gasteiger partial charge in [0, 0.05) is 11.8 Å². The minimum Gasteiger partial charge on any atom is -0.478 e. The zero-order valence-electron chi connectivity index (χ0n) is 38.5. The lowest BCUT2D eigenvalue weighted by molar-refractivity contribution is -0.145. The molecule has 0 fully saturated rings. The molecule has 12 heteroatoms. The molecule has 5 aromatic carbocycles. The van der Waals surface area contributed by atoms with Gasteiger partial charge < -0.3 is 38.9 Å². The lowest BCUT2D eigenvalue weighted by atomic mass is 9.91. The third kappa shape index (κ3) is 11.1. The highest BCUT2D eigenvalue weighted by molar-refractivity contribution is 5.94. The molecule has 7 atom stereocenters. The summed E-state index contributed by atoms with van der Waals surface area (Å²) in [5.41, 5.74) is 14.8. The van der Waals surface area contributed by atoms with Crippen molar-refractivity contribution in [2.24, 2.45) is 0 Å².